The second kappa shape index (κ2) is 6.30. The van der Waals surface area contributed by atoms with Gasteiger partial charge in [0.1, 0.15) is 12.4 Å². The van der Waals surface area contributed by atoms with E-state index < -0.39 is 0 Å². The van der Waals surface area contributed by atoms with E-state index in [-0.39, 0.29) is 17.1 Å². The number of nitrogens with zero attached hydrogens (tertiary/aromatic N) is 2. The number of fused-ring (bicyclic) bond motifs is 1. The molecule has 2 heterocycles. The molecule has 128 valence electrons. The minimum atomic E-state index is -0.205. The molecule has 1 atom stereocenters. The van der Waals surface area contributed by atoms with Crippen LogP contribution in [-0.2, 0) is 18.4 Å². The Labute approximate surface area is 142 Å². The van der Waals surface area contributed by atoms with E-state index in [1.165, 1.54) is 5.56 Å². The van der Waals surface area contributed by atoms with Crippen molar-refractivity contribution in [3.8, 4) is 11.8 Å². The first kappa shape index (κ1) is 16.6. The summed E-state index contributed by atoms with van der Waals surface area (Å²) in [6, 6.07) is 8.53. The van der Waals surface area contributed by atoms with Crippen LogP contribution in [0.3, 0.4) is 0 Å². The second-order valence-corrected chi connectivity index (χ2v) is 7.19. The van der Waals surface area contributed by atoms with Crippen molar-refractivity contribution in [3.63, 3.8) is 0 Å². The van der Waals surface area contributed by atoms with Crippen molar-refractivity contribution in [2.24, 2.45) is 0 Å². The summed E-state index contributed by atoms with van der Waals surface area (Å²) >= 11 is 0. The van der Waals surface area contributed by atoms with Crippen LogP contribution < -0.4 is 15.0 Å². The lowest BCUT2D eigenvalue weighted by Gasteiger charge is -2.19. The van der Waals surface area contributed by atoms with Gasteiger partial charge in [-0.25, -0.2) is 0 Å². The van der Waals surface area contributed by atoms with E-state index in [4.69, 9.17) is 9.47 Å². The lowest BCUT2D eigenvalue weighted by atomic mass is 9.87. The van der Waals surface area contributed by atoms with E-state index in [9.17, 15) is 4.79 Å². The molecule has 2 aromatic rings. The number of aryl methyl sites for hydroxylation is 1. The van der Waals surface area contributed by atoms with Gasteiger partial charge >= 0.3 is 0 Å². The molecule has 0 N–H and O–H groups in total. The van der Waals surface area contributed by atoms with E-state index in [1.807, 2.05) is 29.8 Å². The van der Waals surface area contributed by atoms with Gasteiger partial charge in [-0.2, -0.15) is 4.98 Å². The largest absolute Gasteiger partial charge is 0.490 e. The molecule has 0 saturated carbocycles. The van der Waals surface area contributed by atoms with Gasteiger partial charge in [-0.15, -0.1) is 0 Å². The molecule has 0 aliphatic carbocycles. The molecule has 5 nitrogen and oxygen atoms in total. The molecule has 5 heteroatoms. The molecule has 0 bridgehead atoms. The molecule has 3 rings (SSSR count). The lowest BCUT2D eigenvalue weighted by molar-refractivity contribution is 0.143. The van der Waals surface area contributed by atoms with Crippen molar-refractivity contribution in [1.29, 1.82) is 0 Å². The number of hydrogen-bond acceptors (Lipinski definition) is 4. The van der Waals surface area contributed by atoms with Crippen LogP contribution in [0.5, 0.6) is 11.8 Å². The summed E-state index contributed by atoms with van der Waals surface area (Å²) in [5.41, 5.74) is 1.91. The Morgan fingerprint density at radius 1 is 1.29 bits per heavy atom. The van der Waals surface area contributed by atoms with E-state index in [2.05, 4.69) is 37.9 Å². The monoisotopic (exact) mass is 328 g/mol. The molecule has 24 heavy (non-hydrogen) atoms. The average molecular weight is 328 g/mol. The van der Waals surface area contributed by atoms with Crippen LogP contribution in [-0.4, -0.2) is 22.3 Å². The van der Waals surface area contributed by atoms with Gasteiger partial charge in [0.15, 0.2) is 6.10 Å². The Kier molecular flexibility index (Phi) is 4.35. The maximum Gasteiger partial charge on any atom is 0.300 e. The number of benzene rings is 1. The highest BCUT2D eigenvalue weighted by Crippen LogP contribution is 2.25. The molecule has 0 spiro atoms. The predicted octanol–water partition coefficient (Wildman–Crippen LogP) is 2.94. The molecular formula is C19H24N2O3. The van der Waals surface area contributed by atoms with Crippen LogP contribution in [0.25, 0.3) is 0 Å². The van der Waals surface area contributed by atoms with Crippen LogP contribution in [0, 0.1) is 0 Å². The molecule has 1 aliphatic rings. The van der Waals surface area contributed by atoms with Crippen LogP contribution in [0.2, 0.25) is 0 Å². The Hall–Kier alpha value is -2.30. The van der Waals surface area contributed by atoms with Crippen molar-refractivity contribution in [2.45, 2.75) is 52.2 Å². The third-order valence-electron chi connectivity index (χ3n) is 4.24. The van der Waals surface area contributed by atoms with Crippen molar-refractivity contribution >= 4 is 0 Å². The fraction of sp³-hybridized carbons (Fsp3) is 0.474. The van der Waals surface area contributed by atoms with Gasteiger partial charge in [0.05, 0.1) is 6.54 Å². The normalized spacial score (nSPS) is 16.6. The minimum absolute atomic E-state index is 0.129. The molecular weight excluding hydrogens is 304 g/mol. The molecule has 0 radical (unpaired) electrons. The lowest BCUT2D eigenvalue weighted by Crippen LogP contribution is -2.23. The van der Waals surface area contributed by atoms with Gasteiger partial charge in [-0.3, -0.25) is 9.36 Å². The minimum Gasteiger partial charge on any atom is -0.490 e. The van der Waals surface area contributed by atoms with Crippen molar-refractivity contribution in [1.82, 2.24) is 9.55 Å². The summed E-state index contributed by atoms with van der Waals surface area (Å²) < 4.78 is 13.4. The first-order valence-corrected chi connectivity index (χ1v) is 8.37. The van der Waals surface area contributed by atoms with Crippen molar-refractivity contribution in [2.75, 3.05) is 6.61 Å². The van der Waals surface area contributed by atoms with Gasteiger partial charge in [0, 0.05) is 11.8 Å². The van der Waals surface area contributed by atoms with Crippen LogP contribution in [0.1, 0.15) is 38.8 Å². The standard InChI is InChI=1S/C19H24N2O3/c1-5-13-10-21-11-16(24-18(21)20-17(13)22)12-23-15-8-6-14(7-9-15)19(2,3)4/h6-10,16H,5,11-12H2,1-4H3/t16-/m1/s1. The summed E-state index contributed by atoms with van der Waals surface area (Å²) in [7, 11) is 0. The zero-order chi connectivity index (χ0) is 17.3. The van der Waals surface area contributed by atoms with Crippen molar-refractivity contribution < 1.29 is 9.47 Å². The molecule has 1 aromatic carbocycles. The van der Waals surface area contributed by atoms with Gasteiger partial charge < -0.3 is 9.47 Å². The van der Waals surface area contributed by atoms with E-state index in [1.54, 1.807) is 0 Å². The zero-order valence-electron chi connectivity index (χ0n) is 14.7. The maximum atomic E-state index is 11.8. The first-order valence-electron chi connectivity index (χ1n) is 8.37. The topological polar surface area (TPSA) is 53.4 Å². The summed E-state index contributed by atoms with van der Waals surface area (Å²) in [5, 5.41) is 0. The van der Waals surface area contributed by atoms with Crippen molar-refractivity contribution in [3.05, 3.63) is 51.9 Å². The summed E-state index contributed by atoms with van der Waals surface area (Å²) in [6.45, 7) is 9.58. The van der Waals surface area contributed by atoms with Gasteiger partial charge in [0.2, 0.25) is 0 Å². The van der Waals surface area contributed by atoms with Gasteiger partial charge in [-0.05, 0) is 29.5 Å². The maximum absolute atomic E-state index is 11.8. The summed E-state index contributed by atoms with van der Waals surface area (Å²) in [5.74, 6) is 0.819. The van der Waals surface area contributed by atoms with Gasteiger partial charge in [-0.1, -0.05) is 39.8 Å². The second-order valence-electron chi connectivity index (χ2n) is 7.19. The van der Waals surface area contributed by atoms with Crippen LogP contribution in [0.4, 0.5) is 0 Å². The first-order chi connectivity index (χ1) is 11.4. The fourth-order valence-corrected chi connectivity index (χ4v) is 2.72. The molecule has 0 fully saturated rings. The number of ether oxygens (including phenoxy) is 2. The Morgan fingerprint density at radius 2 is 2.00 bits per heavy atom. The molecule has 1 aliphatic heterocycles. The summed E-state index contributed by atoms with van der Waals surface area (Å²) in [4.78, 5) is 15.8. The van der Waals surface area contributed by atoms with Crippen LogP contribution >= 0.6 is 0 Å². The smallest absolute Gasteiger partial charge is 0.300 e. The van der Waals surface area contributed by atoms with Gasteiger partial charge in [0.25, 0.3) is 11.6 Å². The quantitative estimate of drug-likeness (QED) is 0.866. The van der Waals surface area contributed by atoms with Crippen LogP contribution in [0.15, 0.2) is 35.3 Å². The summed E-state index contributed by atoms with van der Waals surface area (Å²) in [6.07, 6.45) is 2.38. The van der Waals surface area contributed by atoms with E-state index in [0.717, 1.165) is 5.75 Å². The number of aromatic nitrogens is 2. The highest BCUT2D eigenvalue weighted by Gasteiger charge is 2.25. The highest BCUT2D eigenvalue weighted by atomic mass is 16.6. The fourth-order valence-electron chi connectivity index (χ4n) is 2.72. The number of hydrogen-bond donors (Lipinski definition) is 0. The Bertz CT molecular complexity index is 773. The van der Waals surface area contributed by atoms with E-state index in [0.29, 0.717) is 31.1 Å². The third-order valence-corrected chi connectivity index (χ3v) is 4.24. The molecule has 0 saturated heterocycles. The molecule has 0 unspecified atom stereocenters. The molecule has 1 aromatic heterocycles. The Morgan fingerprint density at radius 3 is 2.62 bits per heavy atom. The van der Waals surface area contributed by atoms with E-state index >= 15 is 0 Å². The average Bonchev–Trinajstić information content (AvgIpc) is 2.93. The predicted molar refractivity (Wildman–Crippen MR) is 92.9 cm³/mol. The molecule has 0 amide bonds. The Balaban J connectivity index is 1.61. The zero-order valence-corrected chi connectivity index (χ0v) is 14.7. The SMILES string of the molecule is CCc1cn2c(nc1=O)O[C@@H](COc1ccc(C(C)(C)C)cc1)C2. The number of rotatable bonds is 4. The highest BCUT2D eigenvalue weighted by molar-refractivity contribution is 5.31. The third kappa shape index (κ3) is 3.45.